The van der Waals surface area contributed by atoms with Crippen LogP contribution in [-0.4, -0.2) is 41.8 Å². The van der Waals surface area contributed by atoms with Crippen LogP contribution in [-0.2, 0) is 9.53 Å². The van der Waals surface area contributed by atoms with Crippen molar-refractivity contribution in [2.75, 3.05) is 35.7 Å². The van der Waals surface area contributed by atoms with Gasteiger partial charge in [-0.2, -0.15) is 0 Å². The van der Waals surface area contributed by atoms with Gasteiger partial charge in [0.1, 0.15) is 5.82 Å². The van der Waals surface area contributed by atoms with Crippen LogP contribution in [0.5, 0.6) is 0 Å². The summed E-state index contributed by atoms with van der Waals surface area (Å²) in [5.41, 5.74) is 4.65. The highest BCUT2D eigenvalue weighted by atomic mass is 16.5. The first kappa shape index (κ1) is 24.2. The first-order chi connectivity index (χ1) is 16.8. The highest BCUT2D eigenvalue weighted by Crippen LogP contribution is 2.31. The highest BCUT2D eigenvalue weighted by Gasteiger charge is 2.40. The maximum Gasteiger partial charge on any atom is 0.323 e. The Bertz CT molecular complexity index is 1190. The Morgan fingerprint density at radius 3 is 2.31 bits per heavy atom. The van der Waals surface area contributed by atoms with Gasteiger partial charge in [0.05, 0.1) is 5.41 Å². The number of benzene rings is 2. The van der Waals surface area contributed by atoms with Gasteiger partial charge in [0, 0.05) is 42.9 Å². The fraction of sp³-hybridized carbons (Fsp3) is 0.296. The standard InChI is InChI=1S/C27H30N4O4/c1-18-3-9-23(19(2)15-18)31-26(34)30-22-7-4-20(5-8-22)21-6-10-24(28-16-21)29-17-27(25(32)33)11-13-35-14-12-27/h3-10,15-16H,11-14,17H2,1-2H3,(H,28,29)(H,32,33)(H2,30,31,34). The van der Waals surface area contributed by atoms with E-state index in [1.165, 1.54) is 0 Å². The third kappa shape index (κ3) is 5.96. The number of pyridine rings is 1. The molecule has 0 radical (unpaired) electrons. The fourth-order valence-electron chi connectivity index (χ4n) is 4.14. The number of aryl methyl sites for hydroxylation is 2. The molecule has 4 rings (SSSR count). The van der Waals surface area contributed by atoms with E-state index in [4.69, 9.17) is 4.74 Å². The van der Waals surface area contributed by atoms with Gasteiger partial charge in [-0.25, -0.2) is 9.78 Å². The van der Waals surface area contributed by atoms with E-state index in [9.17, 15) is 14.7 Å². The summed E-state index contributed by atoms with van der Waals surface area (Å²) < 4.78 is 5.32. The zero-order valence-corrected chi connectivity index (χ0v) is 19.9. The predicted molar refractivity (Wildman–Crippen MR) is 137 cm³/mol. The number of carbonyl (C=O) groups excluding carboxylic acids is 1. The van der Waals surface area contributed by atoms with Crippen LogP contribution in [0, 0.1) is 19.3 Å². The molecule has 1 aliphatic heterocycles. The van der Waals surface area contributed by atoms with E-state index < -0.39 is 11.4 Å². The minimum atomic E-state index is -0.828. The predicted octanol–water partition coefficient (Wildman–Crippen LogP) is 5.30. The Morgan fingerprint density at radius 1 is 0.971 bits per heavy atom. The van der Waals surface area contributed by atoms with E-state index in [-0.39, 0.29) is 6.03 Å². The molecule has 1 aliphatic rings. The van der Waals surface area contributed by atoms with Gasteiger partial charge in [-0.1, -0.05) is 29.8 Å². The van der Waals surface area contributed by atoms with Crippen LogP contribution in [0.4, 0.5) is 22.0 Å². The topological polar surface area (TPSA) is 113 Å². The Hall–Kier alpha value is -3.91. The first-order valence-electron chi connectivity index (χ1n) is 11.6. The number of rotatable bonds is 7. The number of ether oxygens (including phenoxy) is 1. The van der Waals surface area contributed by atoms with E-state index in [1.54, 1.807) is 6.20 Å². The number of nitrogens with zero attached hydrogens (tertiary/aromatic N) is 1. The number of urea groups is 1. The van der Waals surface area contributed by atoms with Gasteiger partial charge < -0.3 is 25.8 Å². The summed E-state index contributed by atoms with van der Waals surface area (Å²) in [5, 5.41) is 18.6. The number of aliphatic carboxylic acids is 1. The SMILES string of the molecule is Cc1ccc(NC(=O)Nc2ccc(-c3ccc(NCC4(C(=O)O)CCOCC4)nc3)cc2)c(C)c1. The molecule has 2 heterocycles. The molecule has 0 spiro atoms. The molecular formula is C27H30N4O4. The molecule has 2 amide bonds. The van der Waals surface area contributed by atoms with Crippen LogP contribution in [0.2, 0.25) is 0 Å². The Labute approximate surface area is 204 Å². The molecule has 35 heavy (non-hydrogen) atoms. The van der Waals surface area contributed by atoms with E-state index >= 15 is 0 Å². The number of nitrogens with one attached hydrogen (secondary N) is 3. The molecule has 1 saturated heterocycles. The fourth-order valence-corrected chi connectivity index (χ4v) is 4.14. The number of aromatic nitrogens is 1. The molecule has 1 aromatic heterocycles. The number of carboxylic acid groups (broad SMARTS) is 1. The van der Waals surface area contributed by atoms with Crippen LogP contribution in [0.25, 0.3) is 11.1 Å². The van der Waals surface area contributed by atoms with E-state index in [1.807, 2.05) is 68.4 Å². The van der Waals surface area contributed by atoms with Crippen LogP contribution in [0.15, 0.2) is 60.8 Å². The lowest BCUT2D eigenvalue weighted by Gasteiger charge is -2.33. The van der Waals surface area contributed by atoms with Crippen LogP contribution < -0.4 is 16.0 Å². The molecule has 0 atom stereocenters. The molecule has 8 heteroatoms. The van der Waals surface area contributed by atoms with Gasteiger partial charge in [0.2, 0.25) is 0 Å². The Kier molecular flexibility index (Phi) is 7.31. The molecule has 3 aromatic rings. The maximum absolute atomic E-state index is 12.4. The smallest absolute Gasteiger partial charge is 0.323 e. The summed E-state index contributed by atoms with van der Waals surface area (Å²) in [6.45, 7) is 5.20. The largest absolute Gasteiger partial charge is 0.481 e. The normalized spacial score (nSPS) is 14.7. The van der Waals surface area contributed by atoms with Crippen molar-refractivity contribution in [2.24, 2.45) is 5.41 Å². The Balaban J connectivity index is 1.34. The van der Waals surface area contributed by atoms with Crippen molar-refractivity contribution in [3.05, 3.63) is 71.9 Å². The minimum absolute atomic E-state index is 0.301. The molecule has 0 unspecified atom stereocenters. The maximum atomic E-state index is 12.4. The lowest BCUT2D eigenvalue weighted by atomic mass is 9.80. The molecule has 182 valence electrons. The first-order valence-corrected chi connectivity index (χ1v) is 11.6. The molecule has 4 N–H and O–H groups in total. The van der Waals surface area contributed by atoms with Crippen LogP contribution in [0.1, 0.15) is 24.0 Å². The van der Waals surface area contributed by atoms with Crippen molar-refractivity contribution in [1.82, 2.24) is 4.98 Å². The van der Waals surface area contributed by atoms with Crippen molar-refractivity contribution in [2.45, 2.75) is 26.7 Å². The van der Waals surface area contributed by atoms with Crippen molar-refractivity contribution >= 4 is 29.2 Å². The van der Waals surface area contributed by atoms with E-state index in [0.717, 1.165) is 27.9 Å². The summed E-state index contributed by atoms with van der Waals surface area (Å²) in [6.07, 6.45) is 2.71. The summed E-state index contributed by atoms with van der Waals surface area (Å²) >= 11 is 0. The summed E-state index contributed by atoms with van der Waals surface area (Å²) in [6, 6.07) is 16.9. The van der Waals surface area contributed by atoms with Crippen LogP contribution in [0.3, 0.4) is 0 Å². The third-order valence-corrected chi connectivity index (χ3v) is 6.38. The molecule has 1 fully saturated rings. The second-order valence-electron chi connectivity index (χ2n) is 8.96. The quantitative estimate of drug-likeness (QED) is 0.370. The zero-order chi connectivity index (χ0) is 24.8. The summed E-state index contributed by atoms with van der Waals surface area (Å²) in [4.78, 5) is 28.6. The molecule has 0 saturated carbocycles. The van der Waals surface area contributed by atoms with Gasteiger partial charge in [-0.05, 0) is 68.1 Å². The molecule has 0 aliphatic carbocycles. The monoisotopic (exact) mass is 474 g/mol. The molecule has 8 nitrogen and oxygen atoms in total. The second kappa shape index (κ2) is 10.6. The number of carboxylic acids is 1. The zero-order valence-electron chi connectivity index (χ0n) is 19.9. The van der Waals surface area contributed by atoms with Gasteiger partial charge >= 0.3 is 12.0 Å². The lowest BCUT2D eigenvalue weighted by molar-refractivity contribution is -0.153. The summed E-state index contributed by atoms with van der Waals surface area (Å²) in [7, 11) is 0. The number of anilines is 3. The van der Waals surface area contributed by atoms with Crippen molar-refractivity contribution in [3.63, 3.8) is 0 Å². The van der Waals surface area contributed by atoms with Crippen molar-refractivity contribution in [3.8, 4) is 11.1 Å². The highest BCUT2D eigenvalue weighted by molar-refractivity contribution is 6.00. The average molecular weight is 475 g/mol. The number of carbonyl (C=O) groups is 2. The third-order valence-electron chi connectivity index (χ3n) is 6.38. The van der Waals surface area contributed by atoms with Gasteiger partial charge in [-0.3, -0.25) is 4.79 Å². The number of amides is 2. The number of hydrogen-bond donors (Lipinski definition) is 4. The second-order valence-corrected chi connectivity index (χ2v) is 8.96. The molecule has 2 aromatic carbocycles. The van der Waals surface area contributed by atoms with Gasteiger partial charge in [0.15, 0.2) is 0 Å². The molecular weight excluding hydrogens is 444 g/mol. The average Bonchev–Trinajstić information content (AvgIpc) is 2.86. The van der Waals surface area contributed by atoms with Gasteiger partial charge in [-0.15, -0.1) is 0 Å². The van der Waals surface area contributed by atoms with E-state index in [0.29, 0.717) is 44.1 Å². The van der Waals surface area contributed by atoms with E-state index in [2.05, 4.69) is 20.9 Å². The summed E-state index contributed by atoms with van der Waals surface area (Å²) in [5.74, 6) is -0.177. The lowest BCUT2D eigenvalue weighted by Crippen LogP contribution is -2.42. The number of hydrogen-bond acceptors (Lipinski definition) is 5. The molecule has 0 bridgehead atoms. The van der Waals surface area contributed by atoms with Gasteiger partial charge in [0.25, 0.3) is 0 Å². The van der Waals surface area contributed by atoms with Crippen LogP contribution >= 0.6 is 0 Å². The van der Waals surface area contributed by atoms with Crippen molar-refractivity contribution in [1.29, 1.82) is 0 Å². The Morgan fingerprint density at radius 2 is 1.69 bits per heavy atom. The minimum Gasteiger partial charge on any atom is -0.481 e. The van der Waals surface area contributed by atoms with Crippen molar-refractivity contribution < 1.29 is 19.4 Å².